The van der Waals surface area contributed by atoms with E-state index in [1.54, 1.807) is 0 Å². The molecule has 0 radical (unpaired) electrons. The van der Waals surface area contributed by atoms with Crippen LogP contribution in [0.1, 0.15) is 33.6 Å². The molecule has 0 aromatic carbocycles. The van der Waals surface area contributed by atoms with Gasteiger partial charge in [-0.05, 0) is 33.6 Å². The van der Waals surface area contributed by atoms with Crippen LogP contribution in [0.5, 0.6) is 0 Å². The first-order chi connectivity index (χ1) is 7.39. The van der Waals surface area contributed by atoms with Gasteiger partial charge in [-0.25, -0.2) is 0 Å². The average Bonchev–Trinajstić information content (AvgIpc) is 2.22. The highest BCUT2D eigenvalue weighted by molar-refractivity contribution is 5.75. The fourth-order valence-corrected chi connectivity index (χ4v) is 2.38. The zero-order valence-corrected chi connectivity index (χ0v) is 10.1. The van der Waals surface area contributed by atoms with Crippen molar-refractivity contribution in [2.45, 2.75) is 45.8 Å². The molecule has 0 heterocycles. The number of hydrogen-bond acceptors (Lipinski definition) is 3. The Labute approximate surface area is 96.5 Å². The SMILES string of the molecule is CC(C)(C)C(=O)OC1C2C=CC(CC2)C1O. The molecular weight excluding hydrogens is 204 g/mol. The molecule has 0 aromatic rings. The molecule has 3 rings (SSSR count). The normalized spacial score (nSPS) is 37.5. The van der Waals surface area contributed by atoms with Gasteiger partial charge in [0.25, 0.3) is 0 Å². The van der Waals surface area contributed by atoms with Crippen molar-refractivity contribution in [1.29, 1.82) is 0 Å². The minimum Gasteiger partial charge on any atom is -0.459 e. The molecule has 1 N–H and O–H groups in total. The van der Waals surface area contributed by atoms with E-state index < -0.39 is 11.5 Å². The van der Waals surface area contributed by atoms with Crippen molar-refractivity contribution in [2.75, 3.05) is 0 Å². The Morgan fingerprint density at radius 1 is 1.25 bits per heavy atom. The predicted molar refractivity (Wildman–Crippen MR) is 60.7 cm³/mol. The lowest BCUT2D eigenvalue weighted by Gasteiger charge is -2.42. The fraction of sp³-hybridized carbons (Fsp3) is 0.769. The van der Waals surface area contributed by atoms with Crippen molar-refractivity contribution < 1.29 is 14.6 Å². The topological polar surface area (TPSA) is 46.5 Å². The summed E-state index contributed by atoms with van der Waals surface area (Å²) >= 11 is 0. The molecule has 0 aromatic heterocycles. The molecule has 90 valence electrons. The van der Waals surface area contributed by atoms with Gasteiger partial charge in [0.15, 0.2) is 0 Å². The molecule has 0 saturated heterocycles. The van der Waals surface area contributed by atoms with Crippen molar-refractivity contribution in [3.63, 3.8) is 0 Å². The van der Waals surface area contributed by atoms with E-state index in [2.05, 4.69) is 12.2 Å². The van der Waals surface area contributed by atoms with Crippen LogP contribution in [-0.4, -0.2) is 23.3 Å². The monoisotopic (exact) mass is 224 g/mol. The summed E-state index contributed by atoms with van der Waals surface area (Å²) in [5, 5.41) is 10.0. The minimum atomic E-state index is -0.518. The third kappa shape index (κ3) is 2.01. The van der Waals surface area contributed by atoms with Gasteiger partial charge in [-0.1, -0.05) is 12.2 Å². The maximum Gasteiger partial charge on any atom is 0.311 e. The molecular formula is C13H20O3. The van der Waals surface area contributed by atoms with Gasteiger partial charge in [0.2, 0.25) is 0 Å². The summed E-state index contributed by atoms with van der Waals surface area (Å²) in [6, 6.07) is 0. The summed E-state index contributed by atoms with van der Waals surface area (Å²) in [5.74, 6) is 0.145. The second kappa shape index (κ2) is 3.88. The van der Waals surface area contributed by atoms with Crippen LogP contribution >= 0.6 is 0 Å². The lowest BCUT2D eigenvalue weighted by Crippen LogP contribution is -2.48. The maximum absolute atomic E-state index is 11.8. The third-order valence-electron chi connectivity index (χ3n) is 3.49. The number of aliphatic hydroxyl groups is 1. The molecule has 0 aliphatic heterocycles. The van der Waals surface area contributed by atoms with Gasteiger partial charge in [-0.2, -0.15) is 0 Å². The highest BCUT2D eigenvalue weighted by Crippen LogP contribution is 2.38. The smallest absolute Gasteiger partial charge is 0.311 e. The van der Waals surface area contributed by atoms with Gasteiger partial charge in [-0.3, -0.25) is 4.79 Å². The molecule has 4 atom stereocenters. The molecule has 2 bridgehead atoms. The number of hydrogen-bond donors (Lipinski definition) is 1. The van der Waals surface area contributed by atoms with Gasteiger partial charge in [0.05, 0.1) is 11.5 Å². The minimum absolute atomic E-state index is 0.169. The highest BCUT2D eigenvalue weighted by atomic mass is 16.6. The number of fused-ring (bicyclic) bond motifs is 2. The van der Waals surface area contributed by atoms with Crippen LogP contribution in [0.3, 0.4) is 0 Å². The highest BCUT2D eigenvalue weighted by Gasteiger charge is 2.43. The number of aliphatic hydroxyl groups excluding tert-OH is 1. The average molecular weight is 224 g/mol. The number of rotatable bonds is 1. The van der Waals surface area contributed by atoms with Crippen molar-refractivity contribution in [3.05, 3.63) is 12.2 Å². The Morgan fingerprint density at radius 3 is 2.25 bits per heavy atom. The van der Waals surface area contributed by atoms with Gasteiger partial charge < -0.3 is 9.84 Å². The lowest BCUT2D eigenvalue weighted by molar-refractivity contribution is -0.173. The predicted octanol–water partition coefficient (Wildman–Crippen LogP) is 1.90. The lowest BCUT2D eigenvalue weighted by atomic mass is 9.72. The number of carbonyl (C=O) groups excluding carboxylic acids is 1. The van der Waals surface area contributed by atoms with Crippen molar-refractivity contribution >= 4 is 5.97 Å². The quantitative estimate of drug-likeness (QED) is 0.546. The van der Waals surface area contributed by atoms with E-state index in [9.17, 15) is 9.90 Å². The molecule has 4 unspecified atom stereocenters. The van der Waals surface area contributed by atoms with Crippen LogP contribution in [0.25, 0.3) is 0 Å². The van der Waals surface area contributed by atoms with Crippen LogP contribution in [0.15, 0.2) is 12.2 Å². The molecule has 3 nitrogen and oxygen atoms in total. The Kier molecular flexibility index (Phi) is 2.82. The molecule has 0 amide bonds. The Balaban J connectivity index is 2.06. The molecule has 1 fully saturated rings. The van der Waals surface area contributed by atoms with E-state index in [0.29, 0.717) is 0 Å². The number of esters is 1. The van der Waals surface area contributed by atoms with E-state index in [1.165, 1.54) is 0 Å². The number of ether oxygens (including phenoxy) is 1. The second-order valence-electron chi connectivity index (χ2n) is 5.90. The maximum atomic E-state index is 11.8. The molecule has 0 spiro atoms. The summed E-state index contributed by atoms with van der Waals surface area (Å²) in [5.41, 5.74) is -0.500. The molecule has 16 heavy (non-hydrogen) atoms. The van der Waals surface area contributed by atoms with E-state index in [4.69, 9.17) is 4.74 Å². The Morgan fingerprint density at radius 2 is 1.81 bits per heavy atom. The molecule has 3 heteroatoms. The summed E-state index contributed by atoms with van der Waals surface area (Å²) < 4.78 is 5.46. The van der Waals surface area contributed by atoms with Gasteiger partial charge in [-0.15, -0.1) is 0 Å². The van der Waals surface area contributed by atoms with Crippen molar-refractivity contribution in [2.24, 2.45) is 17.3 Å². The zero-order chi connectivity index (χ0) is 11.9. The summed E-state index contributed by atoms with van der Waals surface area (Å²) in [6.45, 7) is 5.50. The first kappa shape index (κ1) is 11.6. The summed E-state index contributed by atoms with van der Waals surface area (Å²) in [6.07, 6.45) is 5.30. The summed E-state index contributed by atoms with van der Waals surface area (Å²) in [4.78, 5) is 11.8. The van der Waals surface area contributed by atoms with Crippen LogP contribution in [0.2, 0.25) is 0 Å². The zero-order valence-electron chi connectivity index (χ0n) is 10.1. The Bertz CT molecular complexity index is 314. The van der Waals surface area contributed by atoms with Crippen LogP contribution in [-0.2, 0) is 9.53 Å². The first-order valence-corrected chi connectivity index (χ1v) is 5.97. The summed E-state index contributed by atoms with van der Waals surface area (Å²) in [7, 11) is 0. The van der Waals surface area contributed by atoms with Crippen molar-refractivity contribution in [3.8, 4) is 0 Å². The van der Waals surface area contributed by atoms with E-state index >= 15 is 0 Å². The van der Waals surface area contributed by atoms with E-state index in [-0.39, 0.29) is 23.9 Å². The molecule has 3 aliphatic carbocycles. The molecule has 1 saturated carbocycles. The number of carbonyl (C=O) groups is 1. The largest absolute Gasteiger partial charge is 0.459 e. The molecule has 3 aliphatic rings. The van der Waals surface area contributed by atoms with Gasteiger partial charge >= 0.3 is 5.97 Å². The standard InChI is InChI=1S/C13H20O3/c1-13(2,3)12(15)16-11-9-6-4-8(5-7-9)10(11)14/h4,6,8-11,14H,5,7H2,1-3H3. The van der Waals surface area contributed by atoms with Crippen LogP contribution < -0.4 is 0 Å². The van der Waals surface area contributed by atoms with Crippen LogP contribution in [0.4, 0.5) is 0 Å². The second-order valence-corrected chi connectivity index (χ2v) is 5.90. The first-order valence-electron chi connectivity index (χ1n) is 5.97. The van der Waals surface area contributed by atoms with E-state index in [1.807, 2.05) is 20.8 Å². The van der Waals surface area contributed by atoms with Crippen molar-refractivity contribution in [1.82, 2.24) is 0 Å². The third-order valence-corrected chi connectivity index (χ3v) is 3.49. The van der Waals surface area contributed by atoms with Gasteiger partial charge in [0.1, 0.15) is 6.10 Å². The van der Waals surface area contributed by atoms with Crippen LogP contribution in [0, 0.1) is 17.3 Å². The fourth-order valence-electron chi connectivity index (χ4n) is 2.38. The Hall–Kier alpha value is -0.830. The van der Waals surface area contributed by atoms with Gasteiger partial charge in [0, 0.05) is 11.8 Å². The van der Waals surface area contributed by atoms with E-state index in [0.717, 1.165) is 12.8 Å².